The maximum Gasteiger partial charge on any atom is 0.157 e. The Kier molecular flexibility index (Phi) is 5.01. The number of nitrogen functional groups attached to an aromatic ring is 1. The number of halogens is 1. The lowest BCUT2D eigenvalue weighted by Crippen LogP contribution is -2.47. The van der Waals surface area contributed by atoms with Gasteiger partial charge >= 0.3 is 0 Å². The van der Waals surface area contributed by atoms with Gasteiger partial charge in [0, 0.05) is 39.3 Å². The number of piperazine rings is 1. The highest BCUT2D eigenvalue weighted by Crippen LogP contribution is 2.32. The average Bonchev–Trinajstić information content (AvgIpc) is 2.70. The van der Waals surface area contributed by atoms with Crippen molar-refractivity contribution >= 4 is 23.0 Å². The zero-order valence-electron chi connectivity index (χ0n) is 15.8. The van der Waals surface area contributed by atoms with Crippen molar-refractivity contribution in [2.45, 2.75) is 19.8 Å². The van der Waals surface area contributed by atoms with E-state index in [1.165, 1.54) is 18.9 Å². The number of para-hydroxylation sites is 1. The fourth-order valence-corrected chi connectivity index (χ4v) is 3.97. The molecular formula is C20H27FN6. The molecule has 0 bridgehead atoms. The number of hydrogen-bond donors (Lipinski definition) is 1. The van der Waals surface area contributed by atoms with E-state index in [1.54, 1.807) is 12.4 Å². The third-order valence-electron chi connectivity index (χ3n) is 5.70. The molecule has 3 heterocycles. The van der Waals surface area contributed by atoms with Gasteiger partial charge in [-0.25, -0.2) is 14.4 Å². The van der Waals surface area contributed by atoms with Crippen LogP contribution in [-0.2, 0) is 0 Å². The van der Waals surface area contributed by atoms with E-state index in [4.69, 9.17) is 5.73 Å². The van der Waals surface area contributed by atoms with Gasteiger partial charge < -0.3 is 20.4 Å². The van der Waals surface area contributed by atoms with Crippen molar-refractivity contribution in [2.24, 2.45) is 5.92 Å². The van der Waals surface area contributed by atoms with Crippen molar-refractivity contribution in [3.63, 3.8) is 0 Å². The van der Waals surface area contributed by atoms with Gasteiger partial charge in [-0.2, -0.15) is 0 Å². The lowest BCUT2D eigenvalue weighted by atomic mass is 9.99. The standard InChI is InChI=1S/C20H27FN6/c1-15-6-8-26(9-7-15)19-18(22)20(24-14-23-19)27-12-10-25(11-13-27)17-5-3-2-4-16(17)21/h2-5,14-15H,6-13,22H2,1H3. The van der Waals surface area contributed by atoms with Crippen LogP contribution in [0.5, 0.6) is 0 Å². The lowest BCUT2D eigenvalue weighted by Gasteiger charge is -2.38. The van der Waals surface area contributed by atoms with Gasteiger partial charge in [-0.1, -0.05) is 19.1 Å². The van der Waals surface area contributed by atoms with E-state index in [0.717, 1.165) is 56.8 Å². The lowest BCUT2D eigenvalue weighted by molar-refractivity contribution is 0.437. The molecule has 0 saturated carbocycles. The molecule has 27 heavy (non-hydrogen) atoms. The minimum Gasteiger partial charge on any atom is -0.393 e. The molecule has 2 aliphatic rings. The monoisotopic (exact) mass is 370 g/mol. The number of piperidine rings is 1. The van der Waals surface area contributed by atoms with Crippen molar-refractivity contribution in [1.82, 2.24) is 9.97 Å². The highest BCUT2D eigenvalue weighted by molar-refractivity contribution is 5.76. The fourth-order valence-electron chi connectivity index (χ4n) is 3.97. The molecule has 1 aromatic heterocycles. The molecule has 1 aromatic carbocycles. The second kappa shape index (κ2) is 7.58. The summed E-state index contributed by atoms with van der Waals surface area (Å²) in [4.78, 5) is 15.5. The van der Waals surface area contributed by atoms with Crippen LogP contribution in [0.2, 0.25) is 0 Å². The van der Waals surface area contributed by atoms with Crippen molar-refractivity contribution in [2.75, 3.05) is 59.7 Å². The van der Waals surface area contributed by atoms with Crippen molar-refractivity contribution in [1.29, 1.82) is 0 Å². The molecule has 144 valence electrons. The van der Waals surface area contributed by atoms with Crippen LogP contribution in [0.3, 0.4) is 0 Å². The van der Waals surface area contributed by atoms with Crippen LogP contribution < -0.4 is 20.4 Å². The molecule has 0 atom stereocenters. The Balaban J connectivity index is 1.47. The molecule has 2 aromatic rings. The first-order valence-corrected chi connectivity index (χ1v) is 9.73. The van der Waals surface area contributed by atoms with Crippen molar-refractivity contribution < 1.29 is 4.39 Å². The van der Waals surface area contributed by atoms with Crippen LogP contribution in [0.25, 0.3) is 0 Å². The van der Waals surface area contributed by atoms with Crippen LogP contribution in [0.1, 0.15) is 19.8 Å². The molecule has 7 heteroatoms. The van der Waals surface area contributed by atoms with Gasteiger partial charge in [-0.05, 0) is 30.9 Å². The molecule has 2 fully saturated rings. The summed E-state index contributed by atoms with van der Waals surface area (Å²) in [6.07, 6.45) is 3.95. The van der Waals surface area contributed by atoms with Gasteiger partial charge in [-0.15, -0.1) is 0 Å². The van der Waals surface area contributed by atoms with E-state index in [2.05, 4.69) is 31.6 Å². The molecule has 2 saturated heterocycles. The van der Waals surface area contributed by atoms with Crippen LogP contribution in [0.15, 0.2) is 30.6 Å². The minimum atomic E-state index is -0.172. The second-order valence-electron chi connectivity index (χ2n) is 7.53. The smallest absolute Gasteiger partial charge is 0.157 e. The molecule has 2 aliphatic heterocycles. The van der Waals surface area contributed by atoms with Gasteiger partial charge in [0.25, 0.3) is 0 Å². The maximum absolute atomic E-state index is 14.0. The number of hydrogen-bond acceptors (Lipinski definition) is 6. The van der Waals surface area contributed by atoms with E-state index in [0.29, 0.717) is 11.4 Å². The van der Waals surface area contributed by atoms with E-state index < -0.39 is 0 Å². The topological polar surface area (TPSA) is 61.5 Å². The van der Waals surface area contributed by atoms with Gasteiger partial charge in [0.15, 0.2) is 11.6 Å². The molecule has 6 nitrogen and oxygen atoms in total. The van der Waals surface area contributed by atoms with E-state index in [9.17, 15) is 4.39 Å². The Morgan fingerprint density at radius 1 is 0.889 bits per heavy atom. The zero-order valence-corrected chi connectivity index (χ0v) is 15.8. The summed E-state index contributed by atoms with van der Waals surface area (Å²) in [7, 11) is 0. The number of aromatic nitrogens is 2. The van der Waals surface area contributed by atoms with Crippen molar-refractivity contribution in [3.8, 4) is 0 Å². The number of nitrogens with zero attached hydrogens (tertiary/aromatic N) is 5. The summed E-state index contributed by atoms with van der Waals surface area (Å²) in [6.45, 7) is 7.26. The second-order valence-corrected chi connectivity index (χ2v) is 7.53. The first-order chi connectivity index (χ1) is 13.1. The Morgan fingerprint density at radius 2 is 1.44 bits per heavy atom. The van der Waals surface area contributed by atoms with Gasteiger partial charge in [0.2, 0.25) is 0 Å². The predicted molar refractivity (Wildman–Crippen MR) is 108 cm³/mol. The number of anilines is 4. The first-order valence-electron chi connectivity index (χ1n) is 9.73. The molecule has 0 aliphatic carbocycles. The van der Waals surface area contributed by atoms with Gasteiger partial charge in [0.05, 0.1) is 5.69 Å². The van der Waals surface area contributed by atoms with Gasteiger partial charge in [-0.3, -0.25) is 0 Å². The highest BCUT2D eigenvalue weighted by atomic mass is 19.1. The zero-order chi connectivity index (χ0) is 18.8. The SMILES string of the molecule is CC1CCN(c2ncnc(N3CCN(c4ccccc4F)CC3)c2N)CC1. The average molecular weight is 370 g/mol. The Bertz CT molecular complexity index is 782. The van der Waals surface area contributed by atoms with Crippen LogP contribution >= 0.6 is 0 Å². The summed E-state index contributed by atoms with van der Waals surface area (Å²) < 4.78 is 14.0. The Hall–Kier alpha value is -2.57. The van der Waals surface area contributed by atoms with Crippen molar-refractivity contribution in [3.05, 3.63) is 36.4 Å². The number of nitrogens with two attached hydrogens (primary N) is 1. The molecule has 0 spiro atoms. The molecular weight excluding hydrogens is 343 g/mol. The van der Waals surface area contributed by atoms with E-state index in [-0.39, 0.29) is 5.82 Å². The Morgan fingerprint density at radius 3 is 2.07 bits per heavy atom. The quantitative estimate of drug-likeness (QED) is 0.896. The summed E-state index contributed by atoms with van der Waals surface area (Å²) in [5.74, 6) is 2.24. The third-order valence-corrected chi connectivity index (χ3v) is 5.70. The maximum atomic E-state index is 14.0. The van der Waals surface area contributed by atoms with Crippen LogP contribution in [0.4, 0.5) is 27.4 Å². The van der Waals surface area contributed by atoms with Crippen LogP contribution in [0, 0.1) is 11.7 Å². The third kappa shape index (κ3) is 3.63. The minimum absolute atomic E-state index is 0.172. The summed E-state index contributed by atoms with van der Waals surface area (Å²) in [6, 6.07) is 6.94. The predicted octanol–water partition coefficient (Wildman–Crippen LogP) is 2.76. The van der Waals surface area contributed by atoms with E-state index >= 15 is 0 Å². The molecule has 4 rings (SSSR count). The highest BCUT2D eigenvalue weighted by Gasteiger charge is 2.25. The first kappa shape index (κ1) is 17.8. The molecule has 0 unspecified atom stereocenters. The largest absolute Gasteiger partial charge is 0.393 e. The Labute approximate surface area is 159 Å². The summed E-state index contributed by atoms with van der Waals surface area (Å²) in [5.41, 5.74) is 7.79. The molecule has 0 radical (unpaired) electrons. The molecule has 2 N–H and O–H groups in total. The fraction of sp³-hybridized carbons (Fsp3) is 0.500. The van der Waals surface area contributed by atoms with Crippen LogP contribution in [-0.4, -0.2) is 49.2 Å². The number of rotatable bonds is 3. The number of benzene rings is 1. The normalized spacial score (nSPS) is 18.8. The van der Waals surface area contributed by atoms with Gasteiger partial charge in [0.1, 0.15) is 17.8 Å². The van der Waals surface area contributed by atoms with E-state index in [1.807, 2.05) is 12.1 Å². The summed E-state index contributed by atoms with van der Waals surface area (Å²) in [5, 5.41) is 0. The molecule has 0 amide bonds. The summed E-state index contributed by atoms with van der Waals surface area (Å²) >= 11 is 0.